The average molecular weight is 281 g/mol. The first-order valence-corrected chi connectivity index (χ1v) is 7.34. The normalized spacial score (nSPS) is 24.6. The highest BCUT2D eigenvalue weighted by Gasteiger charge is 2.22. The lowest BCUT2D eigenvalue weighted by atomic mass is 9.87. The van der Waals surface area contributed by atoms with Crippen molar-refractivity contribution in [1.29, 1.82) is 0 Å². The minimum Gasteiger partial charge on any atom is -0.329 e. The summed E-state index contributed by atoms with van der Waals surface area (Å²) in [6, 6.07) is 6.53. The lowest BCUT2D eigenvalue weighted by molar-refractivity contribution is 0.292. The molecule has 1 heterocycles. The highest BCUT2D eigenvalue weighted by atomic mass is 35.5. The maximum Gasteiger partial charge on any atom is 0.178 e. The van der Waals surface area contributed by atoms with Gasteiger partial charge in [0.05, 0.1) is 16.1 Å². The minimum absolute atomic E-state index is 0.529. The molecule has 3 rings (SSSR count). The molecule has 1 aliphatic rings. The second kappa shape index (κ2) is 4.71. The van der Waals surface area contributed by atoms with E-state index in [1.54, 1.807) is 0 Å². The van der Waals surface area contributed by atoms with E-state index in [0.29, 0.717) is 6.04 Å². The van der Waals surface area contributed by atoms with Gasteiger partial charge in [-0.3, -0.25) is 0 Å². The van der Waals surface area contributed by atoms with E-state index < -0.39 is 0 Å². The zero-order chi connectivity index (χ0) is 12.7. The van der Waals surface area contributed by atoms with Gasteiger partial charge in [0.1, 0.15) is 0 Å². The molecule has 0 radical (unpaired) electrons. The summed E-state index contributed by atoms with van der Waals surface area (Å²) in [4.78, 5) is 3.25. The van der Waals surface area contributed by atoms with E-state index in [9.17, 15) is 0 Å². The molecule has 0 amide bonds. The zero-order valence-electron chi connectivity index (χ0n) is 10.4. The summed E-state index contributed by atoms with van der Waals surface area (Å²) in [6.07, 6.45) is 5.02. The Hall–Kier alpha value is -0.800. The van der Waals surface area contributed by atoms with Crippen LogP contribution < -0.4 is 0 Å². The maximum atomic E-state index is 6.21. The van der Waals surface area contributed by atoms with Crippen molar-refractivity contribution in [2.45, 2.75) is 38.6 Å². The van der Waals surface area contributed by atoms with Gasteiger partial charge >= 0.3 is 0 Å². The summed E-state index contributed by atoms with van der Waals surface area (Å²) in [5, 5.41) is 0.751. The number of aromatic amines is 1. The van der Waals surface area contributed by atoms with Gasteiger partial charge in [-0.05, 0) is 56.0 Å². The smallest absolute Gasteiger partial charge is 0.178 e. The van der Waals surface area contributed by atoms with Crippen molar-refractivity contribution in [3.8, 4) is 0 Å². The quantitative estimate of drug-likeness (QED) is 0.721. The van der Waals surface area contributed by atoms with Crippen molar-refractivity contribution in [2.75, 3.05) is 0 Å². The maximum absolute atomic E-state index is 6.21. The number of para-hydroxylation sites is 1. The molecule has 1 saturated carbocycles. The lowest BCUT2D eigenvalue weighted by Gasteiger charge is -2.27. The van der Waals surface area contributed by atoms with Crippen LogP contribution in [0.5, 0.6) is 0 Å². The van der Waals surface area contributed by atoms with E-state index in [1.165, 1.54) is 25.7 Å². The van der Waals surface area contributed by atoms with Crippen LogP contribution in [0.2, 0.25) is 5.02 Å². The highest BCUT2D eigenvalue weighted by molar-refractivity contribution is 7.71. The van der Waals surface area contributed by atoms with Gasteiger partial charge in [0.15, 0.2) is 4.77 Å². The van der Waals surface area contributed by atoms with Gasteiger partial charge in [-0.1, -0.05) is 24.6 Å². The second-order valence-corrected chi connectivity index (χ2v) is 6.14. The van der Waals surface area contributed by atoms with Crippen molar-refractivity contribution in [3.05, 3.63) is 28.0 Å². The molecule has 0 unspecified atom stereocenters. The van der Waals surface area contributed by atoms with Gasteiger partial charge < -0.3 is 9.55 Å². The van der Waals surface area contributed by atoms with Crippen molar-refractivity contribution in [2.24, 2.45) is 5.92 Å². The Kier molecular flexibility index (Phi) is 3.20. The third kappa shape index (κ3) is 1.99. The molecule has 0 atom stereocenters. The summed E-state index contributed by atoms with van der Waals surface area (Å²) in [5.74, 6) is 0.851. The Morgan fingerprint density at radius 3 is 2.72 bits per heavy atom. The topological polar surface area (TPSA) is 20.7 Å². The van der Waals surface area contributed by atoms with E-state index in [2.05, 4.69) is 22.5 Å². The highest BCUT2D eigenvalue weighted by Crippen LogP contribution is 2.35. The number of nitrogens with zero attached hydrogens (tertiary/aromatic N) is 1. The van der Waals surface area contributed by atoms with E-state index in [4.69, 9.17) is 23.8 Å². The molecule has 1 aliphatic carbocycles. The number of hydrogen-bond donors (Lipinski definition) is 1. The molecule has 0 spiro atoms. The van der Waals surface area contributed by atoms with Gasteiger partial charge in [0, 0.05) is 6.04 Å². The van der Waals surface area contributed by atoms with Crippen LogP contribution in [-0.2, 0) is 0 Å². The molecule has 2 nitrogen and oxygen atoms in total. The molecule has 0 bridgehead atoms. The van der Waals surface area contributed by atoms with E-state index in [1.807, 2.05) is 12.1 Å². The first-order chi connectivity index (χ1) is 8.66. The summed E-state index contributed by atoms with van der Waals surface area (Å²) >= 11 is 11.7. The fourth-order valence-electron chi connectivity index (χ4n) is 2.98. The van der Waals surface area contributed by atoms with Gasteiger partial charge in [-0.25, -0.2) is 0 Å². The fourth-order valence-corrected chi connectivity index (χ4v) is 3.54. The molecule has 96 valence electrons. The molecule has 4 heteroatoms. The Morgan fingerprint density at radius 2 is 2.00 bits per heavy atom. The van der Waals surface area contributed by atoms with Crippen LogP contribution in [0.4, 0.5) is 0 Å². The molecule has 1 aromatic carbocycles. The predicted octanol–water partition coefficient (Wildman–Crippen LogP) is 5.10. The summed E-state index contributed by atoms with van der Waals surface area (Å²) in [6.45, 7) is 2.33. The molecular formula is C14H17ClN2S. The number of benzene rings is 1. The standard InChI is InChI=1S/C14H17ClN2S/c1-9-5-7-10(8-6-9)17-12-4-2-3-11(15)13(12)16-14(17)18/h2-4,9-10H,5-8H2,1H3,(H,16,18). The molecule has 0 saturated heterocycles. The van der Waals surface area contributed by atoms with Crippen LogP contribution in [0.1, 0.15) is 38.6 Å². The summed E-state index contributed by atoms with van der Waals surface area (Å²) < 4.78 is 3.07. The molecule has 18 heavy (non-hydrogen) atoms. The third-order valence-electron chi connectivity index (χ3n) is 4.05. The van der Waals surface area contributed by atoms with E-state index in [-0.39, 0.29) is 0 Å². The number of imidazole rings is 1. The number of halogens is 1. The first-order valence-electron chi connectivity index (χ1n) is 6.55. The van der Waals surface area contributed by atoms with E-state index >= 15 is 0 Å². The van der Waals surface area contributed by atoms with Crippen LogP contribution in [-0.4, -0.2) is 9.55 Å². The zero-order valence-corrected chi connectivity index (χ0v) is 12.0. The van der Waals surface area contributed by atoms with Gasteiger partial charge in [0.2, 0.25) is 0 Å². The minimum atomic E-state index is 0.529. The Balaban J connectivity index is 2.09. The fraction of sp³-hybridized carbons (Fsp3) is 0.500. The van der Waals surface area contributed by atoms with Crippen LogP contribution in [0.15, 0.2) is 18.2 Å². The molecule has 1 aromatic heterocycles. The van der Waals surface area contributed by atoms with Crippen molar-refractivity contribution < 1.29 is 0 Å². The lowest BCUT2D eigenvalue weighted by Crippen LogP contribution is -2.16. The Labute approximate surface area is 117 Å². The molecule has 1 fully saturated rings. The molecular weight excluding hydrogens is 264 g/mol. The number of H-pyrrole nitrogens is 1. The molecule has 0 aliphatic heterocycles. The van der Waals surface area contributed by atoms with E-state index in [0.717, 1.165) is 26.7 Å². The van der Waals surface area contributed by atoms with Gasteiger partial charge in [-0.2, -0.15) is 0 Å². The number of rotatable bonds is 1. The monoisotopic (exact) mass is 280 g/mol. The van der Waals surface area contributed by atoms with Gasteiger partial charge in [-0.15, -0.1) is 0 Å². The summed E-state index contributed by atoms with van der Waals surface area (Å²) in [5.41, 5.74) is 2.12. The Bertz CT molecular complexity index is 620. The first kappa shape index (κ1) is 12.2. The number of nitrogens with one attached hydrogen (secondary N) is 1. The number of fused-ring (bicyclic) bond motifs is 1. The average Bonchev–Trinajstić information content (AvgIpc) is 2.69. The Morgan fingerprint density at radius 1 is 1.28 bits per heavy atom. The van der Waals surface area contributed by atoms with Crippen LogP contribution in [0.25, 0.3) is 11.0 Å². The second-order valence-electron chi connectivity index (χ2n) is 5.35. The van der Waals surface area contributed by atoms with Gasteiger partial charge in [0.25, 0.3) is 0 Å². The summed E-state index contributed by atoms with van der Waals surface area (Å²) in [7, 11) is 0. The molecule has 2 aromatic rings. The van der Waals surface area contributed by atoms with Crippen LogP contribution >= 0.6 is 23.8 Å². The largest absolute Gasteiger partial charge is 0.329 e. The van der Waals surface area contributed by atoms with Crippen LogP contribution in [0.3, 0.4) is 0 Å². The van der Waals surface area contributed by atoms with Crippen molar-refractivity contribution in [3.63, 3.8) is 0 Å². The third-order valence-corrected chi connectivity index (χ3v) is 4.67. The van der Waals surface area contributed by atoms with Crippen molar-refractivity contribution in [1.82, 2.24) is 9.55 Å². The van der Waals surface area contributed by atoms with Crippen LogP contribution in [0, 0.1) is 10.7 Å². The number of aromatic nitrogens is 2. The number of hydrogen-bond acceptors (Lipinski definition) is 1. The molecule has 1 N–H and O–H groups in total. The SMILES string of the molecule is CC1CCC(n2c(=S)[nH]c3c(Cl)cccc32)CC1. The predicted molar refractivity (Wildman–Crippen MR) is 78.8 cm³/mol. The van der Waals surface area contributed by atoms with Crippen molar-refractivity contribution >= 4 is 34.9 Å².